The first-order valence-corrected chi connectivity index (χ1v) is 9.55. The van der Waals surface area contributed by atoms with E-state index in [-0.39, 0.29) is 17.9 Å². The first-order chi connectivity index (χ1) is 13.5. The van der Waals surface area contributed by atoms with E-state index >= 15 is 0 Å². The summed E-state index contributed by atoms with van der Waals surface area (Å²) < 4.78 is 12.9. The Labute approximate surface area is 164 Å². The number of aromatic nitrogens is 2. The van der Waals surface area contributed by atoms with Crippen molar-refractivity contribution in [2.24, 2.45) is 0 Å². The molecular formula is C20H27FN6O. The fourth-order valence-corrected chi connectivity index (χ4v) is 3.25. The second-order valence-electron chi connectivity index (χ2n) is 7.28. The molecule has 0 bridgehead atoms. The van der Waals surface area contributed by atoms with Gasteiger partial charge in [-0.1, -0.05) is 12.1 Å². The van der Waals surface area contributed by atoms with Crippen molar-refractivity contribution >= 4 is 17.8 Å². The number of carbonyl (C=O) groups excluding carboxylic acids is 1. The van der Waals surface area contributed by atoms with Gasteiger partial charge in [0.15, 0.2) is 0 Å². The van der Waals surface area contributed by atoms with Crippen molar-refractivity contribution in [3.05, 3.63) is 47.9 Å². The lowest BCUT2D eigenvalue weighted by Gasteiger charge is -2.29. The molecule has 0 aliphatic heterocycles. The third-order valence-electron chi connectivity index (χ3n) is 4.86. The lowest BCUT2D eigenvalue weighted by atomic mass is 9.91. The van der Waals surface area contributed by atoms with Gasteiger partial charge in [0, 0.05) is 38.9 Å². The molecule has 3 rings (SSSR count). The zero-order valence-electron chi connectivity index (χ0n) is 16.3. The number of amides is 2. The Morgan fingerprint density at radius 3 is 2.46 bits per heavy atom. The third-order valence-corrected chi connectivity index (χ3v) is 4.86. The van der Waals surface area contributed by atoms with E-state index in [9.17, 15) is 9.18 Å². The summed E-state index contributed by atoms with van der Waals surface area (Å²) >= 11 is 0. The molecule has 1 fully saturated rings. The SMILES string of the molecule is CN(C)c1ccnc(N[C@H]2CC[C@@H](NC(=O)NCc3ccc(F)cc3)CC2)n1. The van der Waals surface area contributed by atoms with Crippen molar-refractivity contribution in [2.45, 2.75) is 44.3 Å². The number of carbonyl (C=O) groups is 1. The number of hydrogen-bond acceptors (Lipinski definition) is 5. The van der Waals surface area contributed by atoms with Crippen LogP contribution in [0, 0.1) is 5.82 Å². The summed E-state index contributed by atoms with van der Waals surface area (Å²) in [5, 5.41) is 9.23. The van der Waals surface area contributed by atoms with E-state index < -0.39 is 0 Å². The molecule has 28 heavy (non-hydrogen) atoms. The molecule has 1 aromatic carbocycles. The second kappa shape index (κ2) is 9.34. The predicted molar refractivity (Wildman–Crippen MR) is 108 cm³/mol. The molecule has 1 aliphatic rings. The summed E-state index contributed by atoms with van der Waals surface area (Å²) in [6.45, 7) is 0.378. The molecule has 8 heteroatoms. The number of nitrogens with zero attached hydrogens (tertiary/aromatic N) is 3. The van der Waals surface area contributed by atoms with Crippen LogP contribution >= 0.6 is 0 Å². The van der Waals surface area contributed by atoms with E-state index in [0.717, 1.165) is 37.1 Å². The summed E-state index contributed by atoms with van der Waals surface area (Å²) in [5.74, 6) is 1.22. The number of nitrogens with one attached hydrogen (secondary N) is 3. The first kappa shape index (κ1) is 19.9. The average Bonchev–Trinajstić information content (AvgIpc) is 2.69. The molecule has 1 heterocycles. The molecular weight excluding hydrogens is 359 g/mol. The molecule has 0 unspecified atom stereocenters. The third kappa shape index (κ3) is 5.80. The van der Waals surface area contributed by atoms with Crippen molar-refractivity contribution in [2.75, 3.05) is 24.3 Å². The highest BCUT2D eigenvalue weighted by molar-refractivity contribution is 5.74. The maximum Gasteiger partial charge on any atom is 0.315 e. The van der Waals surface area contributed by atoms with Crippen LogP contribution in [0.1, 0.15) is 31.2 Å². The van der Waals surface area contributed by atoms with Gasteiger partial charge in [-0.25, -0.2) is 14.2 Å². The van der Waals surface area contributed by atoms with Crippen molar-refractivity contribution < 1.29 is 9.18 Å². The van der Waals surface area contributed by atoms with Crippen molar-refractivity contribution in [3.8, 4) is 0 Å². The number of urea groups is 1. The number of halogens is 1. The van der Waals surface area contributed by atoms with Crippen LogP contribution in [0.2, 0.25) is 0 Å². The Kier molecular flexibility index (Phi) is 6.62. The van der Waals surface area contributed by atoms with E-state index in [4.69, 9.17) is 0 Å². The van der Waals surface area contributed by atoms with Gasteiger partial charge < -0.3 is 20.9 Å². The van der Waals surface area contributed by atoms with Crippen LogP contribution in [0.5, 0.6) is 0 Å². The van der Waals surface area contributed by atoms with Gasteiger partial charge in [-0.05, 0) is 49.4 Å². The van der Waals surface area contributed by atoms with Crippen LogP contribution in [0.3, 0.4) is 0 Å². The zero-order valence-corrected chi connectivity index (χ0v) is 16.3. The quantitative estimate of drug-likeness (QED) is 0.711. The lowest BCUT2D eigenvalue weighted by molar-refractivity contribution is 0.231. The molecule has 1 aliphatic carbocycles. The smallest absolute Gasteiger partial charge is 0.315 e. The summed E-state index contributed by atoms with van der Waals surface area (Å²) in [6.07, 6.45) is 5.43. The molecule has 2 aromatic rings. The van der Waals surface area contributed by atoms with Crippen LogP contribution in [0.25, 0.3) is 0 Å². The summed E-state index contributed by atoms with van der Waals surface area (Å²) in [7, 11) is 3.90. The van der Waals surface area contributed by atoms with Crippen LogP contribution in [0.15, 0.2) is 36.5 Å². The molecule has 0 radical (unpaired) electrons. The summed E-state index contributed by atoms with van der Waals surface area (Å²) in [5.41, 5.74) is 0.865. The molecule has 0 spiro atoms. The minimum absolute atomic E-state index is 0.153. The van der Waals surface area contributed by atoms with Gasteiger partial charge in [0.25, 0.3) is 0 Å². The van der Waals surface area contributed by atoms with E-state index in [2.05, 4.69) is 25.9 Å². The van der Waals surface area contributed by atoms with E-state index in [0.29, 0.717) is 18.5 Å². The molecule has 0 saturated heterocycles. The Hall–Kier alpha value is -2.90. The van der Waals surface area contributed by atoms with Gasteiger partial charge in [0.05, 0.1) is 0 Å². The van der Waals surface area contributed by atoms with E-state index in [1.165, 1.54) is 12.1 Å². The van der Waals surface area contributed by atoms with Gasteiger partial charge >= 0.3 is 6.03 Å². The topological polar surface area (TPSA) is 82.2 Å². The maximum absolute atomic E-state index is 12.9. The van der Waals surface area contributed by atoms with Crippen molar-refractivity contribution in [1.29, 1.82) is 0 Å². The van der Waals surface area contributed by atoms with Gasteiger partial charge in [-0.2, -0.15) is 4.98 Å². The summed E-state index contributed by atoms with van der Waals surface area (Å²) in [4.78, 5) is 22.8. The molecule has 1 saturated carbocycles. The number of rotatable bonds is 6. The molecule has 150 valence electrons. The van der Waals surface area contributed by atoms with E-state index in [1.807, 2.05) is 25.1 Å². The Morgan fingerprint density at radius 1 is 1.11 bits per heavy atom. The monoisotopic (exact) mass is 386 g/mol. The molecule has 3 N–H and O–H groups in total. The van der Waals surface area contributed by atoms with Gasteiger partial charge in [0.1, 0.15) is 11.6 Å². The lowest BCUT2D eigenvalue weighted by Crippen LogP contribution is -2.44. The van der Waals surface area contributed by atoms with Crippen LogP contribution < -0.4 is 20.9 Å². The van der Waals surface area contributed by atoms with Crippen LogP contribution in [-0.2, 0) is 6.54 Å². The average molecular weight is 386 g/mol. The van der Waals surface area contributed by atoms with E-state index in [1.54, 1.807) is 18.3 Å². The fourth-order valence-electron chi connectivity index (χ4n) is 3.25. The molecule has 0 atom stereocenters. The highest BCUT2D eigenvalue weighted by atomic mass is 19.1. The molecule has 1 aromatic heterocycles. The van der Waals surface area contributed by atoms with Crippen molar-refractivity contribution in [3.63, 3.8) is 0 Å². The van der Waals surface area contributed by atoms with Crippen LogP contribution in [-0.4, -0.2) is 42.2 Å². The number of hydrogen-bond donors (Lipinski definition) is 3. The normalized spacial score (nSPS) is 19.0. The van der Waals surface area contributed by atoms with Gasteiger partial charge in [-0.3, -0.25) is 0 Å². The fraction of sp³-hybridized carbons (Fsp3) is 0.450. The number of anilines is 2. The minimum atomic E-state index is -0.280. The maximum atomic E-state index is 12.9. The first-order valence-electron chi connectivity index (χ1n) is 9.55. The Balaban J connectivity index is 1.39. The Bertz CT molecular complexity index is 775. The highest BCUT2D eigenvalue weighted by Crippen LogP contribution is 2.21. The minimum Gasteiger partial charge on any atom is -0.363 e. The molecule has 7 nitrogen and oxygen atoms in total. The predicted octanol–water partition coefficient (Wildman–Crippen LogP) is 2.90. The number of benzene rings is 1. The Morgan fingerprint density at radius 2 is 1.79 bits per heavy atom. The van der Waals surface area contributed by atoms with Gasteiger partial charge in [-0.15, -0.1) is 0 Å². The molecule has 2 amide bonds. The van der Waals surface area contributed by atoms with Crippen LogP contribution in [0.4, 0.5) is 21.0 Å². The van der Waals surface area contributed by atoms with Crippen molar-refractivity contribution in [1.82, 2.24) is 20.6 Å². The highest BCUT2D eigenvalue weighted by Gasteiger charge is 2.23. The largest absolute Gasteiger partial charge is 0.363 e. The summed E-state index contributed by atoms with van der Waals surface area (Å²) in [6, 6.07) is 8.25. The standard InChI is InChI=1S/C20H27FN6O/c1-27(2)18-11-12-22-19(26-18)24-16-7-9-17(10-8-16)25-20(28)23-13-14-3-5-15(21)6-4-14/h3-6,11-12,16-17H,7-10,13H2,1-2H3,(H,22,24,26)(H2,23,25,28)/t16-,17+. The van der Waals surface area contributed by atoms with Gasteiger partial charge in [0.2, 0.25) is 5.95 Å². The zero-order chi connectivity index (χ0) is 19.9. The second-order valence-corrected chi connectivity index (χ2v) is 7.28.